The zero-order valence-corrected chi connectivity index (χ0v) is 15.5. The molecule has 5 heteroatoms. The quantitative estimate of drug-likeness (QED) is 0.549. The minimum Gasteiger partial charge on any atom is -0.345 e. The Balaban J connectivity index is 1.93. The van der Waals surface area contributed by atoms with E-state index in [2.05, 4.69) is 4.98 Å². The van der Waals surface area contributed by atoms with Crippen molar-refractivity contribution in [2.45, 2.75) is 16.3 Å². The third-order valence-electron chi connectivity index (χ3n) is 4.69. The summed E-state index contributed by atoms with van der Waals surface area (Å²) in [7, 11) is -3.64. The van der Waals surface area contributed by atoms with Gasteiger partial charge in [0.25, 0.3) is 0 Å². The molecule has 4 nitrogen and oxygen atoms in total. The molecule has 0 saturated carbocycles. The molecular formula is C22H20N2O2S. The third kappa shape index (κ3) is 3.16. The number of benzene rings is 3. The summed E-state index contributed by atoms with van der Waals surface area (Å²) in [6, 6.07) is 24.5. The minimum atomic E-state index is -3.64. The molecule has 0 aliphatic heterocycles. The lowest BCUT2D eigenvalue weighted by Crippen LogP contribution is -2.09. The van der Waals surface area contributed by atoms with Crippen molar-refractivity contribution >= 4 is 20.7 Å². The Kier molecular flexibility index (Phi) is 4.56. The highest BCUT2D eigenvalue weighted by Crippen LogP contribution is 2.33. The zero-order valence-electron chi connectivity index (χ0n) is 14.7. The van der Waals surface area contributed by atoms with Crippen LogP contribution in [0.5, 0.6) is 0 Å². The molecule has 3 N–H and O–H groups in total. The second kappa shape index (κ2) is 7.02. The molecular weight excluding hydrogens is 356 g/mol. The largest absolute Gasteiger partial charge is 0.345 e. The van der Waals surface area contributed by atoms with Crippen molar-refractivity contribution in [1.82, 2.24) is 4.98 Å². The van der Waals surface area contributed by atoms with Gasteiger partial charge in [0.2, 0.25) is 9.84 Å². The lowest BCUT2D eigenvalue weighted by Gasteiger charge is -2.06. The van der Waals surface area contributed by atoms with E-state index >= 15 is 0 Å². The summed E-state index contributed by atoms with van der Waals surface area (Å²) < 4.78 is 26.4. The first-order valence-corrected chi connectivity index (χ1v) is 10.3. The monoisotopic (exact) mass is 376 g/mol. The Bertz CT molecular complexity index is 1180. The van der Waals surface area contributed by atoms with Crippen LogP contribution in [0, 0.1) is 0 Å². The van der Waals surface area contributed by atoms with Crippen molar-refractivity contribution in [2.24, 2.45) is 5.73 Å². The van der Waals surface area contributed by atoms with Crippen LogP contribution < -0.4 is 5.73 Å². The van der Waals surface area contributed by atoms with Crippen molar-refractivity contribution in [1.29, 1.82) is 0 Å². The van der Waals surface area contributed by atoms with Crippen LogP contribution in [0.4, 0.5) is 0 Å². The number of aromatic nitrogens is 1. The van der Waals surface area contributed by atoms with E-state index in [0.29, 0.717) is 13.0 Å². The molecule has 136 valence electrons. The van der Waals surface area contributed by atoms with Crippen LogP contribution in [-0.4, -0.2) is 19.9 Å². The molecule has 27 heavy (non-hydrogen) atoms. The van der Waals surface area contributed by atoms with E-state index in [4.69, 9.17) is 5.73 Å². The molecule has 0 aliphatic rings. The van der Waals surface area contributed by atoms with Crippen LogP contribution in [0.25, 0.3) is 22.0 Å². The Morgan fingerprint density at radius 1 is 0.815 bits per heavy atom. The molecule has 0 saturated heterocycles. The van der Waals surface area contributed by atoms with Crippen LogP contribution >= 0.6 is 0 Å². The highest BCUT2D eigenvalue weighted by molar-refractivity contribution is 7.91. The van der Waals surface area contributed by atoms with Gasteiger partial charge in [0.05, 0.1) is 4.90 Å². The average molecular weight is 376 g/mol. The first-order chi connectivity index (χ1) is 13.1. The molecule has 3 aromatic carbocycles. The first-order valence-electron chi connectivity index (χ1n) is 8.81. The smallest absolute Gasteiger partial charge is 0.222 e. The SMILES string of the molecule is NCCc1c(S(=O)(=O)c2ccccc2)[nH]c2ccc(-c3ccccc3)cc12. The van der Waals surface area contributed by atoms with E-state index in [1.807, 2.05) is 48.5 Å². The van der Waals surface area contributed by atoms with Crippen LogP contribution in [-0.2, 0) is 16.3 Å². The predicted octanol–water partition coefficient (Wildman–Crippen LogP) is 4.17. The normalized spacial score (nSPS) is 11.7. The van der Waals surface area contributed by atoms with Crippen molar-refractivity contribution in [2.75, 3.05) is 6.54 Å². The fraction of sp³-hybridized carbons (Fsp3) is 0.0909. The Labute approximate surface area is 158 Å². The van der Waals surface area contributed by atoms with Gasteiger partial charge in [-0.2, -0.15) is 0 Å². The van der Waals surface area contributed by atoms with Crippen LogP contribution in [0.15, 0.2) is 88.8 Å². The van der Waals surface area contributed by atoms with Gasteiger partial charge in [-0.3, -0.25) is 0 Å². The maximum atomic E-state index is 13.2. The highest BCUT2D eigenvalue weighted by Gasteiger charge is 2.25. The highest BCUT2D eigenvalue weighted by atomic mass is 32.2. The summed E-state index contributed by atoms with van der Waals surface area (Å²) in [5, 5.41) is 1.13. The number of nitrogens with two attached hydrogens (primary N) is 1. The molecule has 0 aliphatic carbocycles. The number of hydrogen-bond donors (Lipinski definition) is 2. The van der Waals surface area contributed by atoms with Gasteiger partial charge in [-0.25, -0.2) is 8.42 Å². The molecule has 1 heterocycles. The molecule has 0 radical (unpaired) electrons. The van der Waals surface area contributed by atoms with Crippen LogP contribution in [0.3, 0.4) is 0 Å². The predicted molar refractivity (Wildman–Crippen MR) is 108 cm³/mol. The first kappa shape index (κ1) is 17.5. The van der Waals surface area contributed by atoms with Gasteiger partial charge in [-0.15, -0.1) is 0 Å². The van der Waals surface area contributed by atoms with Crippen molar-refractivity contribution in [3.05, 3.63) is 84.4 Å². The lowest BCUT2D eigenvalue weighted by molar-refractivity contribution is 0.592. The number of H-pyrrole nitrogens is 1. The Hall–Kier alpha value is -2.89. The van der Waals surface area contributed by atoms with Crippen molar-refractivity contribution < 1.29 is 8.42 Å². The van der Waals surface area contributed by atoms with E-state index in [9.17, 15) is 8.42 Å². The van der Waals surface area contributed by atoms with E-state index in [0.717, 1.165) is 27.6 Å². The standard InChI is InChI=1S/C22H20N2O2S/c23-14-13-19-20-15-17(16-7-3-1-4-8-16)11-12-21(20)24-22(19)27(25,26)18-9-5-2-6-10-18/h1-12,15,24H,13-14,23H2. The van der Waals surface area contributed by atoms with E-state index in [1.54, 1.807) is 30.3 Å². The molecule has 0 bridgehead atoms. The Morgan fingerprint density at radius 2 is 1.48 bits per heavy atom. The molecule has 0 spiro atoms. The van der Waals surface area contributed by atoms with Gasteiger partial charge in [-0.05, 0) is 53.9 Å². The number of nitrogens with one attached hydrogen (secondary N) is 1. The fourth-order valence-corrected chi connectivity index (χ4v) is 4.90. The van der Waals surface area contributed by atoms with E-state index < -0.39 is 9.84 Å². The fourth-order valence-electron chi connectivity index (χ4n) is 3.37. The van der Waals surface area contributed by atoms with Crippen LogP contribution in [0.1, 0.15) is 5.56 Å². The summed E-state index contributed by atoms with van der Waals surface area (Å²) >= 11 is 0. The van der Waals surface area contributed by atoms with Gasteiger partial charge < -0.3 is 10.7 Å². The number of fused-ring (bicyclic) bond motifs is 1. The summed E-state index contributed by atoms with van der Waals surface area (Å²) in [6.45, 7) is 0.375. The Morgan fingerprint density at radius 3 is 2.15 bits per heavy atom. The number of rotatable bonds is 5. The topological polar surface area (TPSA) is 76.0 Å². The van der Waals surface area contributed by atoms with Gasteiger partial charge >= 0.3 is 0 Å². The molecule has 4 aromatic rings. The average Bonchev–Trinajstić information content (AvgIpc) is 3.08. The summed E-state index contributed by atoms with van der Waals surface area (Å²) in [6.07, 6.45) is 0.486. The van der Waals surface area contributed by atoms with E-state index in [1.165, 1.54) is 0 Å². The minimum absolute atomic E-state index is 0.236. The second-order valence-electron chi connectivity index (χ2n) is 6.41. The van der Waals surface area contributed by atoms with Gasteiger partial charge in [0.15, 0.2) is 0 Å². The van der Waals surface area contributed by atoms with Crippen LogP contribution in [0.2, 0.25) is 0 Å². The number of hydrogen-bond acceptors (Lipinski definition) is 3. The summed E-state index contributed by atoms with van der Waals surface area (Å²) in [4.78, 5) is 3.40. The maximum absolute atomic E-state index is 13.2. The summed E-state index contributed by atoms with van der Waals surface area (Å²) in [5.74, 6) is 0. The van der Waals surface area contributed by atoms with Gasteiger partial charge in [0, 0.05) is 10.9 Å². The van der Waals surface area contributed by atoms with Crippen molar-refractivity contribution in [3.63, 3.8) is 0 Å². The number of sulfone groups is 1. The summed E-state index contributed by atoms with van der Waals surface area (Å²) in [5.41, 5.74) is 9.48. The second-order valence-corrected chi connectivity index (χ2v) is 8.30. The number of aromatic amines is 1. The van der Waals surface area contributed by atoms with Gasteiger partial charge in [-0.1, -0.05) is 54.6 Å². The molecule has 1 aromatic heterocycles. The third-order valence-corrected chi connectivity index (χ3v) is 6.47. The molecule has 0 unspecified atom stereocenters. The lowest BCUT2D eigenvalue weighted by atomic mass is 10.0. The zero-order chi connectivity index (χ0) is 18.9. The molecule has 0 amide bonds. The molecule has 0 fully saturated rings. The van der Waals surface area contributed by atoms with Crippen molar-refractivity contribution in [3.8, 4) is 11.1 Å². The molecule has 4 rings (SSSR count). The maximum Gasteiger partial charge on any atom is 0.222 e. The van der Waals surface area contributed by atoms with Gasteiger partial charge in [0.1, 0.15) is 5.03 Å². The van der Waals surface area contributed by atoms with E-state index in [-0.39, 0.29) is 9.92 Å². The molecule has 0 atom stereocenters.